The third-order valence-electron chi connectivity index (χ3n) is 4.50. The van der Waals surface area contributed by atoms with Crippen LogP contribution >= 0.6 is 0 Å². The van der Waals surface area contributed by atoms with E-state index in [0.717, 1.165) is 0 Å². The van der Waals surface area contributed by atoms with Gasteiger partial charge in [-0.2, -0.15) is 0 Å². The van der Waals surface area contributed by atoms with Crippen molar-refractivity contribution in [2.45, 2.75) is 53.4 Å². The van der Waals surface area contributed by atoms with Crippen LogP contribution in [-0.2, 0) is 14.4 Å². The lowest BCUT2D eigenvalue weighted by Gasteiger charge is -2.42. The molecule has 0 aromatic rings. The number of Topliss-reactive ketones (excluding diaryl/α,β-unsaturated/α-hetero) is 2. The van der Waals surface area contributed by atoms with Crippen molar-refractivity contribution in [2.75, 3.05) is 0 Å². The molecule has 108 valence electrons. The van der Waals surface area contributed by atoms with E-state index in [2.05, 4.69) is 0 Å². The predicted octanol–water partition coefficient (Wildman–Crippen LogP) is 2.70. The molecule has 1 saturated carbocycles. The maximum absolute atomic E-state index is 12.5. The summed E-state index contributed by atoms with van der Waals surface area (Å²) in [7, 11) is 0. The fourth-order valence-corrected chi connectivity index (χ4v) is 3.11. The lowest BCUT2D eigenvalue weighted by molar-refractivity contribution is -0.149. The van der Waals surface area contributed by atoms with Crippen LogP contribution in [0, 0.1) is 23.2 Å². The zero-order valence-corrected chi connectivity index (χ0v) is 12.2. The van der Waals surface area contributed by atoms with Gasteiger partial charge >= 0.3 is 5.97 Å². The standard InChI is InChI=1S/C15H24O4/c1-9(2)14(19)15(11(4)7-13(17)18)6-5-10(3)12(16)8-15/h9-11H,5-8H2,1-4H3,(H,17,18)/t10-,11-,15-/m0/s1. The number of carboxylic acids is 1. The van der Waals surface area contributed by atoms with Gasteiger partial charge in [0.05, 0.1) is 0 Å². The van der Waals surface area contributed by atoms with Crippen LogP contribution in [0.5, 0.6) is 0 Å². The maximum Gasteiger partial charge on any atom is 0.303 e. The van der Waals surface area contributed by atoms with E-state index in [9.17, 15) is 14.4 Å². The number of aliphatic carboxylic acids is 1. The number of rotatable bonds is 5. The summed E-state index contributed by atoms with van der Waals surface area (Å²) in [6.45, 7) is 7.31. The van der Waals surface area contributed by atoms with Crippen molar-refractivity contribution >= 4 is 17.5 Å². The van der Waals surface area contributed by atoms with Gasteiger partial charge in [-0.15, -0.1) is 0 Å². The van der Waals surface area contributed by atoms with Crippen molar-refractivity contribution < 1.29 is 19.5 Å². The highest BCUT2D eigenvalue weighted by Gasteiger charge is 2.48. The van der Waals surface area contributed by atoms with Crippen LogP contribution in [0.25, 0.3) is 0 Å². The van der Waals surface area contributed by atoms with Gasteiger partial charge in [0.15, 0.2) is 0 Å². The zero-order valence-electron chi connectivity index (χ0n) is 12.2. The van der Waals surface area contributed by atoms with Crippen LogP contribution in [0.15, 0.2) is 0 Å². The summed E-state index contributed by atoms with van der Waals surface area (Å²) in [6.07, 6.45) is 1.46. The molecule has 0 amide bonds. The van der Waals surface area contributed by atoms with Gasteiger partial charge in [0, 0.05) is 30.1 Å². The molecule has 1 N–H and O–H groups in total. The van der Waals surface area contributed by atoms with Crippen molar-refractivity contribution in [3.05, 3.63) is 0 Å². The molecule has 3 atom stereocenters. The van der Waals surface area contributed by atoms with E-state index < -0.39 is 11.4 Å². The maximum atomic E-state index is 12.5. The molecular weight excluding hydrogens is 244 g/mol. The molecule has 0 heterocycles. The molecule has 0 saturated heterocycles. The summed E-state index contributed by atoms with van der Waals surface area (Å²) in [4.78, 5) is 35.5. The van der Waals surface area contributed by atoms with Gasteiger partial charge < -0.3 is 5.11 Å². The van der Waals surface area contributed by atoms with Crippen LogP contribution in [0.1, 0.15) is 53.4 Å². The van der Waals surface area contributed by atoms with Crippen LogP contribution in [0.2, 0.25) is 0 Å². The fourth-order valence-electron chi connectivity index (χ4n) is 3.11. The summed E-state index contributed by atoms with van der Waals surface area (Å²) >= 11 is 0. The van der Waals surface area contributed by atoms with Crippen molar-refractivity contribution in [1.29, 1.82) is 0 Å². The minimum atomic E-state index is -0.908. The van der Waals surface area contributed by atoms with E-state index in [1.165, 1.54) is 0 Å². The molecule has 0 spiro atoms. The number of carboxylic acid groups (broad SMARTS) is 1. The molecule has 0 aromatic heterocycles. The first-order chi connectivity index (χ1) is 8.70. The number of carbonyl (C=O) groups excluding carboxylic acids is 2. The third kappa shape index (κ3) is 3.23. The SMILES string of the molecule is CC(C)C(=O)[C@@]1([C@@H](C)CC(=O)O)CC[C@H](C)C(=O)C1. The van der Waals surface area contributed by atoms with Gasteiger partial charge in [-0.05, 0) is 18.8 Å². The van der Waals surface area contributed by atoms with Crippen LogP contribution in [0.3, 0.4) is 0 Å². The first-order valence-corrected chi connectivity index (χ1v) is 6.99. The summed E-state index contributed by atoms with van der Waals surface area (Å²) in [5, 5.41) is 8.97. The highest BCUT2D eigenvalue weighted by molar-refractivity contribution is 5.94. The Morgan fingerprint density at radius 3 is 2.37 bits per heavy atom. The third-order valence-corrected chi connectivity index (χ3v) is 4.50. The summed E-state index contributed by atoms with van der Waals surface area (Å²) in [5.41, 5.74) is -0.768. The Balaban J connectivity index is 3.07. The smallest absolute Gasteiger partial charge is 0.303 e. The van der Waals surface area contributed by atoms with E-state index in [-0.39, 0.29) is 42.2 Å². The van der Waals surface area contributed by atoms with Crippen LogP contribution in [-0.4, -0.2) is 22.6 Å². The van der Waals surface area contributed by atoms with Gasteiger partial charge in [0.25, 0.3) is 0 Å². The first-order valence-electron chi connectivity index (χ1n) is 6.99. The Bertz CT molecular complexity index is 386. The lowest BCUT2D eigenvalue weighted by Crippen LogP contribution is -2.46. The summed E-state index contributed by atoms with van der Waals surface area (Å²) in [6, 6.07) is 0. The molecule has 0 bridgehead atoms. The quantitative estimate of drug-likeness (QED) is 0.832. The monoisotopic (exact) mass is 268 g/mol. The van der Waals surface area contributed by atoms with E-state index in [4.69, 9.17) is 5.11 Å². The molecule has 0 unspecified atom stereocenters. The van der Waals surface area contributed by atoms with Crippen molar-refractivity contribution in [1.82, 2.24) is 0 Å². The second-order valence-corrected chi connectivity index (χ2v) is 6.26. The van der Waals surface area contributed by atoms with Crippen molar-refractivity contribution in [3.63, 3.8) is 0 Å². The van der Waals surface area contributed by atoms with E-state index in [1.54, 1.807) is 6.92 Å². The Morgan fingerprint density at radius 1 is 1.37 bits per heavy atom. The Kier molecular flexibility index (Phi) is 4.88. The van der Waals surface area contributed by atoms with E-state index in [0.29, 0.717) is 12.8 Å². The fraction of sp³-hybridized carbons (Fsp3) is 0.800. The van der Waals surface area contributed by atoms with Gasteiger partial charge in [0.1, 0.15) is 11.6 Å². The molecule has 0 aliphatic heterocycles. The molecule has 1 rings (SSSR count). The molecule has 4 heteroatoms. The normalized spacial score (nSPS) is 29.3. The number of hydrogen-bond acceptors (Lipinski definition) is 3. The van der Waals surface area contributed by atoms with Gasteiger partial charge in [-0.25, -0.2) is 0 Å². The Morgan fingerprint density at radius 2 is 1.95 bits per heavy atom. The molecule has 0 aromatic carbocycles. The minimum absolute atomic E-state index is 0.00915. The molecule has 1 aliphatic carbocycles. The second kappa shape index (κ2) is 5.85. The molecule has 1 aliphatic rings. The van der Waals surface area contributed by atoms with Gasteiger partial charge in [0.2, 0.25) is 0 Å². The number of carbonyl (C=O) groups is 3. The van der Waals surface area contributed by atoms with Gasteiger partial charge in [-0.1, -0.05) is 27.7 Å². The average Bonchev–Trinajstić information content (AvgIpc) is 2.30. The number of ketones is 2. The van der Waals surface area contributed by atoms with E-state index >= 15 is 0 Å². The molecule has 4 nitrogen and oxygen atoms in total. The molecule has 1 fully saturated rings. The predicted molar refractivity (Wildman–Crippen MR) is 71.7 cm³/mol. The van der Waals surface area contributed by atoms with Crippen molar-refractivity contribution in [2.24, 2.45) is 23.2 Å². The zero-order chi connectivity index (χ0) is 14.8. The number of hydrogen-bond donors (Lipinski definition) is 1. The first kappa shape index (κ1) is 15.9. The topological polar surface area (TPSA) is 71.4 Å². The minimum Gasteiger partial charge on any atom is -0.481 e. The lowest BCUT2D eigenvalue weighted by atomic mass is 9.59. The average molecular weight is 268 g/mol. The van der Waals surface area contributed by atoms with Gasteiger partial charge in [-0.3, -0.25) is 14.4 Å². The van der Waals surface area contributed by atoms with E-state index in [1.807, 2.05) is 20.8 Å². The largest absolute Gasteiger partial charge is 0.481 e. The van der Waals surface area contributed by atoms with Crippen molar-refractivity contribution in [3.8, 4) is 0 Å². The molecular formula is C15H24O4. The second-order valence-electron chi connectivity index (χ2n) is 6.26. The van der Waals surface area contributed by atoms with Crippen LogP contribution < -0.4 is 0 Å². The summed E-state index contributed by atoms with van der Waals surface area (Å²) < 4.78 is 0. The summed E-state index contributed by atoms with van der Waals surface area (Å²) in [5.74, 6) is -1.24. The molecule has 0 radical (unpaired) electrons. The highest BCUT2D eigenvalue weighted by Crippen LogP contribution is 2.46. The Labute approximate surface area is 114 Å². The molecule has 19 heavy (non-hydrogen) atoms. The highest BCUT2D eigenvalue weighted by atomic mass is 16.4. The van der Waals surface area contributed by atoms with Crippen LogP contribution in [0.4, 0.5) is 0 Å². The Hall–Kier alpha value is -1.19.